The first-order valence-corrected chi connectivity index (χ1v) is 9.86. The van der Waals surface area contributed by atoms with Gasteiger partial charge in [0.15, 0.2) is 17.9 Å². The van der Waals surface area contributed by atoms with Crippen LogP contribution in [0.25, 0.3) is 0 Å². The largest absolute Gasteiger partial charge is 0.369 e. The summed E-state index contributed by atoms with van der Waals surface area (Å²) in [6, 6.07) is 13.5. The van der Waals surface area contributed by atoms with Crippen molar-refractivity contribution in [3.05, 3.63) is 59.7 Å². The van der Waals surface area contributed by atoms with Crippen molar-refractivity contribution in [2.45, 2.75) is 23.6 Å². The number of aliphatic hydroxyl groups excluding tert-OH is 1. The van der Waals surface area contributed by atoms with Crippen molar-refractivity contribution in [3.8, 4) is 0 Å². The molecule has 1 atom stereocenters. The van der Waals surface area contributed by atoms with Crippen LogP contribution in [0.1, 0.15) is 11.1 Å². The minimum absolute atomic E-state index is 0.143. The summed E-state index contributed by atoms with van der Waals surface area (Å²) >= 11 is -1.54. The maximum atomic E-state index is 11.1. The Labute approximate surface area is 143 Å². The summed E-state index contributed by atoms with van der Waals surface area (Å²) in [5.41, 5.74) is 2.11. The average molecular weight is 377 g/mol. The number of aliphatic hydroxyl groups is 1. The smallest absolute Gasteiger partial charge is 0.261 e. The van der Waals surface area contributed by atoms with Crippen LogP contribution < -0.4 is 0 Å². The van der Waals surface area contributed by atoms with Gasteiger partial charge >= 0.3 is 0 Å². The summed E-state index contributed by atoms with van der Waals surface area (Å²) in [6.07, 6.45) is 0. The van der Waals surface area contributed by atoms with Crippen molar-refractivity contribution >= 4 is 30.8 Å². The number of hydrogen-bond donors (Lipinski definition) is 1. The van der Waals surface area contributed by atoms with Crippen LogP contribution in [0.4, 0.5) is 0 Å². The molecule has 0 spiro atoms. The van der Waals surface area contributed by atoms with Gasteiger partial charge in [-0.2, -0.15) is 0 Å². The zero-order valence-corrected chi connectivity index (χ0v) is 15.0. The third-order valence-corrected chi connectivity index (χ3v) is 5.02. The van der Waals surface area contributed by atoms with Crippen molar-refractivity contribution in [1.82, 2.24) is 0 Å². The van der Waals surface area contributed by atoms with E-state index in [2.05, 4.69) is 4.18 Å². The van der Waals surface area contributed by atoms with Gasteiger partial charge in [0.1, 0.15) is 0 Å². The van der Waals surface area contributed by atoms with Crippen LogP contribution in [0, 0.1) is 13.8 Å². The fourth-order valence-electron chi connectivity index (χ4n) is 1.47. The molecule has 1 N–H and O–H groups in total. The van der Waals surface area contributed by atoms with Gasteiger partial charge in [0.25, 0.3) is 9.05 Å². The van der Waals surface area contributed by atoms with Crippen LogP contribution >= 0.6 is 10.7 Å². The monoisotopic (exact) mass is 376 g/mol. The Hall–Kier alpha value is -1.25. The molecular weight excluding hydrogens is 360 g/mol. The lowest BCUT2D eigenvalue weighted by atomic mass is 10.2. The third-order valence-electron chi connectivity index (χ3n) is 2.68. The molecule has 0 fully saturated rings. The van der Waals surface area contributed by atoms with Gasteiger partial charge in [-0.3, -0.25) is 4.18 Å². The lowest BCUT2D eigenvalue weighted by Crippen LogP contribution is -1.98. The second-order valence-corrected chi connectivity index (χ2v) is 8.29. The van der Waals surface area contributed by atoms with Crippen molar-refractivity contribution in [1.29, 1.82) is 0 Å². The van der Waals surface area contributed by atoms with Gasteiger partial charge < -0.3 is 5.11 Å². The third kappa shape index (κ3) is 7.24. The molecule has 0 saturated heterocycles. The van der Waals surface area contributed by atoms with Gasteiger partial charge in [0.05, 0.1) is 9.79 Å². The molecule has 23 heavy (non-hydrogen) atoms. The quantitative estimate of drug-likeness (QED) is 0.655. The molecule has 1 unspecified atom stereocenters. The molecule has 126 valence electrons. The standard InChI is InChI=1S/C8H10O3S.C7H7ClO2S/c1-7-2-4-8(5-3-7)12(10)11-6-9;1-6-2-4-7(5-3-6)11(8,9)10/h2-5,9H,6H2,1H3;2-5H,1H3. The molecule has 5 nitrogen and oxygen atoms in total. The van der Waals surface area contributed by atoms with E-state index in [1.165, 1.54) is 12.1 Å². The molecule has 0 saturated carbocycles. The number of rotatable bonds is 4. The van der Waals surface area contributed by atoms with Gasteiger partial charge in [-0.1, -0.05) is 35.4 Å². The van der Waals surface area contributed by atoms with Crippen molar-refractivity contribution in [2.75, 3.05) is 6.79 Å². The highest BCUT2D eigenvalue weighted by molar-refractivity contribution is 8.13. The zero-order chi connectivity index (χ0) is 17.5. The van der Waals surface area contributed by atoms with E-state index in [1.54, 1.807) is 24.3 Å². The van der Waals surface area contributed by atoms with E-state index < -0.39 is 26.9 Å². The summed E-state index contributed by atoms with van der Waals surface area (Å²) in [7, 11) is 1.54. The fourth-order valence-corrected chi connectivity index (χ4v) is 2.83. The molecule has 2 rings (SSSR count). The first kappa shape index (κ1) is 19.8. The molecule has 0 radical (unpaired) electrons. The second kappa shape index (κ2) is 9.14. The number of hydrogen-bond acceptors (Lipinski definition) is 5. The van der Waals surface area contributed by atoms with Gasteiger partial charge in [0.2, 0.25) is 0 Å². The lowest BCUT2D eigenvalue weighted by Gasteiger charge is -1.99. The van der Waals surface area contributed by atoms with Gasteiger partial charge in [-0.25, -0.2) is 12.6 Å². The predicted molar refractivity (Wildman–Crippen MR) is 90.0 cm³/mol. The number of aryl methyl sites for hydroxylation is 2. The first-order valence-electron chi connectivity index (χ1n) is 6.48. The molecule has 0 heterocycles. The summed E-state index contributed by atoms with van der Waals surface area (Å²) in [5.74, 6) is 0. The van der Waals surface area contributed by atoms with Crippen LogP contribution in [0.5, 0.6) is 0 Å². The van der Waals surface area contributed by atoms with Gasteiger partial charge in [-0.05, 0) is 38.1 Å². The Morgan fingerprint density at radius 2 is 1.43 bits per heavy atom. The van der Waals surface area contributed by atoms with Crippen LogP contribution in [0.2, 0.25) is 0 Å². The fraction of sp³-hybridized carbons (Fsp3) is 0.200. The maximum Gasteiger partial charge on any atom is 0.261 e. The summed E-state index contributed by atoms with van der Waals surface area (Å²) in [4.78, 5) is 0.708. The molecular formula is C15H17ClO5S2. The lowest BCUT2D eigenvalue weighted by molar-refractivity contribution is 0.112. The maximum absolute atomic E-state index is 11.1. The highest BCUT2D eigenvalue weighted by Gasteiger charge is 2.07. The summed E-state index contributed by atoms with van der Waals surface area (Å²) < 4.78 is 37.0. The first-order chi connectivity index (χ1) is 10.7. The Balaban J connectivity index is 0.000000231. The molecule has 0 aromatic heterocycles. The van der Waals surface area contributed by atoms with Crippen LogP contribution in [-0.2, 0) is 24.3 Å². The van der Waals surface area contributed by atoms with E-state index in [4.69, 9.17) is 15.8 Å². The molecule has 0 bridgehead atoms. The molecule has 2 aromatic rings. The van der Waals surface area contributed by atoms with Crippen molar-refractivity contribution < 1.29 is 21.9 Å². The van der Waals surface area contributed by atoms with Crippen molar-refractivity contribution in [3.63, 3.8) is 0 Å². The number of halogens is 1. The highest BCUT2D eigenvalue weighted by Crippen LogP contribution is 2.14. The Bertz CT molecular complexity index is 740. The summed E-state index contributed by atoms with van der Waals surface area (Å²) in [6.45, 7) is 3.30. The molecule has 8 heteroatoms. The van der Waals surface area contributed by atoms with Crippen molar-refractivity contribution in [2.24, 2.45) is 0 Å². The Morgan fingerprint density at radius 1 is 1.00 bits per heavy atom. The van der Waals surface area contributed by atoms with Crippen LogP contribution in [0.3, 0.4) is 0 Å². The topological polar surface area (TPSA) is 80.7 Å². The predicted octanol–water partition coefficient (Wildman–Crippen LogP) is 2.91. The molecule has 0 aliphatic carbocycles. The minimum Gasteiger partial charge on any atom is -0.369 e. The van der Waals surface area contributed by atoms with E-state index >= 15 is 0 Å². The van der Waals surface area contributed by atoms with E-state index in [0.717, 1.165) is 11.1 Å². The second-order valence-electron chi connectivity index (χ2n) is 4.55. The van der Waals surface area contributed by atoms with E-state index in [1.807, 2.05) is 26.0 Å². The zero-order valence-electron chi connectivity index (χ0n) is 12.6. The molecule has 0 aliphatic rings. The van der Waals surface area contributed by atoms with Crippen LogP contribution in [0.15, 0.2) is 58.3 Å². The van der Waals surface area contributed by atoms with Gasteiger partial charge in [-0.15, -0.1) is 0 Å². The normalized spacial score (nSPS) is 12.2. The molecule has 0 aliphatic heterocycles. The number of benzene rings is 2. The molecule has 2 aromatic carbocycles. The highest BCUT2D eigenvalue weighted by atomic mass is 35.7. The van der Waals surface area contributed by atoms with Crippen LogP contribution in [-0.4, -0.2) is 24.5 Å². The van der Waals surface area contributed by atoms with E-state index in [0.29, 0.717) is 4.90 Å². The van der Waals surface area contributed by atoms with E-state index in [-0.39, 0.29) is 4.90 Å². The molecule has 0 amide bonds. The van der Waals surface area contributed by atoms with E-state index in [9.17, 15) is 12.6 Å². The Kier molecular flexibility index (Phi) is 7.87. The SMILES string of the molecule is Cc1ccc(S(=O)(=O)Cl)cc1.Cc1ccc(S(=O)OCO)cc1. The van der Waals surface area contributed by atoms with Gasteiger partial charge in [0, 0.05) is 10.7 Å². The minimum atomic E-state index is -3.55. The summed E-state index contributed by atoms with van der Waals surface area (Å²) in [5, 5.41) is 8.34. The average Bonchev–Trinajstić information content (AvgIpc) is 2.48. The Morgan fingerprint density at radius 3 is 1.83 bits per heavy atom.